The van der Waals surface area contributed by atoms with Gasteiger partial charge in [-0.2, -0.15) is 5.26 Å². The Morgan fingerprint density at radius 1 is 0.838 bits per heavy atom. The van der Waals surface area contributed by atoms with Crippen LogP contribution in [0.1, 0.15) is 28.3 Å². The van der Waals surface area contributed by atoms with E-state index in [-0.39, 0.29) is 0 Å². The fourth-order valence-electron chi connectivity index (χ4n) is 3.66. The first kappa shape index (κ1) is 26.0. The highest BCUT2D eigenvalue weighted by Gasteiger charge is 2.22. The van der Waals surface area contributed by atoms with Gasteiger partial charge in [0.25, 0.3) is 0 Å². The highest BCUT2D eigenvalue weighted by Crippen LogP contribution is 2.41. The number of hydrogen-bond donors (Lipinski definition) is 1. The predicted molar refractivity (Wildman–Crippen MR) is 144 cm³/mol. The van der Waals surface area contributed by atoms with Crippen LogP contribution in [0.2, 0.25) is 0 Å². The molecule has 1 N–H and O–H groups in total. The van der Waals surface area contributed by atoms with Crippen molar-refractivity contribution in [3.63, 3.8) is 0 Å². The number of benzene rings is 4. The van der Waals surface area contributed by atoms with E-state index < -0.39 is 17.0 Å². The number of rotatable bonds is 11. The molecule has 188 valence electrons. The average molecular weight is 513 g/mol. The summed E-state index contributed by atoms with van der Waals surface area (Å²) in [5.41, 5.74) is 3.58. The predicted octanol–water partition coefficient (Wildman–Crippen LogP) is 6.04. The highest BCUT2D eigenvalue weighted by atomic mass is 32.2. The third kappa shape index (κ3) is 6.98. The van der Waals surface area contributed by atoms with E-state index in [0.717, 1.165) is 16.7 Å². The molecule has 6 nitrogen and oxygen atoms in total. The van der Waals surface area contributed by atoms with Gasteiger partial charge in [-0.15, -0.1) is 0 Å². The molecule has 0 aromatic heterocycles. The molecule has 0 aliphatic rings. The lowest BCUT2D eigenvalue weighted by molar-refractivity contribution is 0.257. The Labute approximate surface area is 220 Å². The first-order chi connectivity index (χ1) is 18.1. The average Bonchev–Trinajstić information content (AvgIpc) is 2.94. The van der Waals surface area contributed by atoms with Crippen LogP contribution in [0.15, 0.2) is 102 Å². The highest BCUT2D eigenvalue weighted by molar-refractivity contribution is 7.83. The minimum Gasteiger partial charge on any atom is -0.490 e. The van der Waals surface area contributed by atoms with Crippen LogP contribution in [0.5, 0.6) is 17.2 Å². The molecule has 0 unspecified atom stereocenters. The van der Waals surface area contributed by atoms with E-state index in [0.29, 0.717) is 40.9 Å². The molecule has 37 heavy (non-hydrogen) atoms. The number of nitriles is 1. The standard InChI is InChI=1S/C30H28N2O4S/c1-22-13-15-26(16-14-22)37(33)32-27(19-31)25-17-28(35-20-23-9-5-3-6-10-23)30(34-2)29(18-25)36-21-24-11-7-4-8-12-24/h3-18,27,32H,20-21H2,1-2H3/t27-,37+/m0/s1. The fourth-order valence-corrected chi connectivity index (χ4v) is 4.58. The summed E-state index contributed by atoms with van der Waals surface area (Å²) >= 11 is 0. The second kappa shape index (κ2) is 12.7. The van der Waals surface area contributed by atoms with E-state index in [1.165, 1.54) is 0 Å². The summed E-state index contributed by atoms with van der Waals surface area (Å²) in [6, 6.07) is 31.6. The molecule has 2 atom stereocenters. The van der Waals surface area contributed by atoms with Crippen molar-refractivity contribution >= 4 is 11.0 Å². The minimum atomic E-state index is -1.59. The Kier molecular flexibility index (Phi) is 8.93. The molecule has 0 bridgehead atoms. The van der Waals surface area contributed by atoms with Crippen LogP contribution < -0.4 is 18.9 Å². The molecule has 0 fully saturated rings. The van der Waals surface area contributed by atoms with Crippen molar-refractivity contribution in [2.24, 2.45) is 0 Å². The summed E-state index contributed by atoms with van der Waals surface area (Å²) in [7, 11) is -0.0469. The summed E-state index contributed by atoms with van der Waals surface area (Å²) < 4.78 is 33.8. The molecule has 0 amide bonds. The van der Waals surface area contributed by atoms with Crippen LogP contribution in [0.25, 0.3) is 0 Å². The molecule has 0 radical (unpaired) electrons. The van der Waals surface area contributed by atoms with Crippen LogP contribution in [0, 0.1) is 18.3 Å². The van der Waals surface area contributed by atoms with Gasteiger partial charge in [0.05, 0.1) is 18.1 Å². The van der Waals surface area contributed by atoms with Gasteiger partial charge < -0.3 is 14.2 Å². The molecular weight excluding hydrogens is 484 g/mol. The fraction of sp³-hybridized carbons (Fsp3) is 0.167. The second-order valence-electron chi connectivity index (χ2n) is 8.36. The quantitative estimate of drug-likeness (QED) is 0.265. The molecule has 0 aliphatic carbocycles. The van der Waals surface area contributed by atoms with Gasteiger partial charge in [-0.05, 0) is 47.9 Å². The first-order valence-electron chi connectivity index (χ1n) is 11.8. The topological polar surface area (TPSA) is 80.6 Å². The van der Waals surface area contributed by atoms with Gasteiger partial charge in [-0.3, -0.25) is 0 Å². The third-order valence-corrected chi connectivity index (χ3v) is 6.79. The van der Waals surface area contributed by atoms with Crippen molar-refractivity contribution < 1.29 is 18.4 Å². The maximum Gasteiger partial charge on any atom is 0.203 e. The van der Waals surface area contributed by atoms with Crippen molar-refractivity contribution in [2.75, 3.05) is 7.11 Å². The van der Waals surface area contributed by atoms with Crippen LogP contribution >= 0.6 is 0 Å². The van der Waals surface area contributed by atoms with Gasteiger partial charge >= 0.3 is 0 Å². The maximum atomic E-state index is 13.0. The lowest BCUT2D eigenvalue weighted by atomic mass is 10.1. The van der Waals surface area contributed by atoms with Crippen molar-refractivity contribution in [3.8, 4) is 23.3 Å². The number of aryl methyl sites for hydroxylation is 1. The van der Waals surface area contributed by atoms with Crippen molar-refractivity contribution in [1.82, 2.24) is 4.72 Å². The second-order valence-corrected chi connectivity index (χ2v) is 9.61. The smallest absolute Gasteiger partial charge is 0.203 e. The molecule has 0 spiro atoms. The van der Waals surface area contributed by atoms with E-state index in [4.69, 9.17) is 14.2 Å². The summed E-state index contributed by atoms with van der Waals surface area (Å²) in [4.78, 5) is 0.584. The SMILES string of the molecule is COc1c(OCc2ccccc2)cc([C@H](C#N)N[S@](=O)c2ccc(C)cc2)cc1OCc1ccccc1. The van der Waals surface area contributed by atoms with Gasteiger partial charge in [0.2, 0.25) is 5.75 Å². The zero-order chi connectivity index (χ0) is 26.0. The molecule has 4 aromatic carbocycles. The van der Waals surface area contributed by atoms with E-state index in [1.807, 2.05) is 79.7 Å². The molecule has 0 aliphatic heterocycles. The van der Waals surface area contributed by atoms with Crippen LogP contribution in [-0.2, 0) is 24.2 Å². The van der Waals surface area contributed by atoms with Crippen LogP contribution in [-0.4, -0.2) is 11.3 Å². The molecule has 4 aromatic rings. The Balaban J connectivity index is 1.65. The molecule has 7 heteroatoms. The van der Waals surface area contributed by atoms with Gasteiger partial charge in [0.15, 0.2) is 11.5 Å². The molecule has 4 rings (SSSR count). The van der Waals surface area contributed by atoms with Gasteiger partial charge in [-0.25, -0.2) is 8.93 Å². The Morgan fingerprint density at radius 3 is 1.81 bits per heavy atom. The minimum absolute atomic E-state index is 0.304. The van der Waals surface area contributed by atoms with Crippen molar-refractivity contribution in [3.05, 3.63) is 119 Å². The monoisotopic (exact) mass is 512 g/mol. The molecular formula is C30H28N2O4S. The van der Waals surface area contributed by atoms with E-state index in [2.05, 4.69) is 10.8 Å². The summed E-state index contributed by atoms with van der Waals surface area (Å²) in [6.07, 6.45) is 0. The third-order valence-electron chi connectivity index (χ3n) is 5.64. The Hall–Kier alpha value is -4.12. The van der Waals surface area contributed by atoms with Crippen LogP contribution in [0.4, 0.5) is 0 Å². The van der Waals surface area contributed by atoms with E-state index in [1.54, 1.807) is 31.4 Å². The lowest BCUT2D eigenvalue weighted by Gasteiger charge is -2.19. The zero-order valence-corrected chi connectivity index (χ0v) is 21.5. The summed E-state index contributed by atoms with van der Waals surface area (Å²) in [5.74, 6) is 1.28. The van der Waals surface area contributed by atoms with Crippen molar-refractivity contribution in [2.45, 2.75) is 31.1 Å². The molecule has 0 heterocycles. The number of nitrogens with zero attached hydrogens (tertiary/aromatic N) is 1. The van der Waals surface area contributed by atoms with Gasteiger partial charge in [-0.1, -0.05) is 78.4 Å². The first-order valence-corrected chi connectivity index (χ1v) is 12.9. The maximum absolute atomic E-state index is 13.0. The lowest BCUT2D eigenvalue weighted by Crippen LogP contribution is -2.23. The van der Waals surface area contributed by atoms with Crippen LogP contribution in [0.3, 0.4) is 0 Å². The number of ether oxygens (including phenoxy) is 3. The van der Waals surface area contributed by atoms with Crippen molar-refractivity contribution in [1.29, 1.82) is 5.26 Å². The largest absolute Gasteiger partial charge is 0.490 e. The molecule has 0 saturated heterocycles. The normalized spacial score (nSPS) is 12.2. The van der Waals surface area contributed by atoms with E-state index >= 15 is 0 Å². The number of hydrogen-bond acceptors (Lipinski definition) is 5. The summed E-state index contributed by atoms with van der Waals surface area (Å²) in [5, 5.41) is 9.98. The number of nitrogens with one attached hydrogen (secondary N) is 1. The van der Waals surface area contributed by atoms with E-state index in [9.17, 15) is 9.47 Å². The zero-order valence-electron chi connectivity index (χ0n) is 20.7. The summed E-state index contributed by atoms with van der Waals surface area (Å²) in [6.45, 7) is 2.57. The van der Waals surface area contributed by atoms with Gasteiger partial charge in [0.1, 0.15) is 30.2 Å². The Morgan fingerprint density at radius 2 is 1.35 bits per heavy atom. The number of methoxy groups -OCH3 is 1. The molecule has 0 saturated carbocycles. The Bertz CT molecular complexity index is 1310. The van der Waals surface area contributed by atoms with Gasteiger partial charge in [0, 0.05) is 0 Å².